The van der Waals surface area contributed by atoms with Gasteiger partial charge in [0.05, 0.1) is 29.0 Å². The van der Waals surface area contributed by atoms with Gasteiger partial charge in [0.2, 0.25) is 21.8 Å². The van der Waals surface area contributed by atoms with Gasteiger partial charge in [0.25, 0.3) is 0 Å². The first kappa shape index (κ1) is 36.8. The fourth-order valence-electron chi connectivity index (χ4n) is 6.24. The van der Waals surface area contributed by atoms with E-state index >= 15 is 0 Å². The molecule has 4 aromatic rings. The molecule has 3 aromatic heterocycles. The van der Waals surface area contributed by atoms with Crippen LogP contribution in [0.1, 0.15) is 66.2 Å². The van der Waals surface area contributed by atoms with E-state index < -0.39 is 27.6 Å². The molecule has 15 heteroatoms. The second-order valence-electron chi connectivity index (χ2n) is 14.1. The molecular weight excluding hydrogens is 659 g/mol. The van der Waals surface area contributed by atoms with Crippen molar-refractivity contribution >= 4 is 44.2 Å². The van der Waals surface area contributed by atoms with Crippen LogP contribution < -0.4 is 15.8 Å². The predicted octanol–water partition coefficient (Wildman–Crippen LogP) is 3.92. The number of aryl methyl sites for hydroxylation is 2. The van der Waals surface area contributed by atoms with Crippen molar-refractivity contribution in [3.8, 4) is 22.4 Å². The van der Waals surface area contributed by atoms with E-state index in [1.807, 2.05) is 38.7 Å². The Morgan fingerprint density at radius 1 is 1.08 bits per heavy atom. The van der Waals surface area contributed by atoms with E-state index in [9.17, 15) is 23.1 Å². The Kier molecular flexibility index (Phi) is 11.2. The third-order valence-electron chi connectivity index (χ3n) is 9.08. The second kappa shape index (κ2) is 15.2. The monoisotopic (exact) mass is 707 g/mol. The van der Waals surface area contributed by atoms with E-state index in [0.29, 0.717) is 55.1 Å². The van der Waals surface area contributed by atoms with E-state index in [1.54, 1.807) is 53.2 Å². The van der Waals surface area contributed by atoms with Crippen LogP contribution in [0.5, 0.6) is 0 Å². The number of amides is 2. The molecule has 270 valence electrons. The number of aliphatic hydroxyl groups is 1. The number of nitrogen functional groups attached to an aromatic ring is 1. The Bertz CT molecular complexity index is 1930. The number of nitrogens with two attached hydrogens (primary N) is 1. The van der Waals surface area contributed by atoms with Crippen LogP contribution in [-0.4, -0.2) is 85.8 Å². The second-order valence-corrected chi connectivity index (χ2v) is 16.1. The highest BCUT2D eigenvalue weighted by atomic mass is 32.2. The molecule has 1 saturated heterocycles. The molecule has 2 amide bonds. The SMILES string of the molecule is CCS(=O)(=O)Nc1ccc(-c2nn(C)c3c(-c4cnn(CCCCCCC(=O)N[C@H](C(=O)N5CC[C@@H](O)C5)C(C)(C)C)c4)cnc(N)c23)cc1. The van der Waals surface area contributed by atoms with Crippen molar-refractivity contribution in [1.29, 1.82) is 0 Å². The standard InChI is InChI=1S/C35H49N9O5S/c1-6-50(48,49)41-25-14-12-23(13-15-25)30-29-31(42(5)40-30)27(20-37-33(29)36)24-19-38-44(21-24)17-10-8-7-9-11-28(46)39-32(35(2,3)4)34(47)43-18-16-26(45)22-43/h12-15,19-21,26,32,41,45H,6-11,16-18,22H2,1-5H3,(H2,36,37)(H,39,46)/t26-,32-/m1/s1. The molecule has 0 radical (unpaired) electrons. The molecule has 0 spiro atoms. The van der Waals surface area contributed by atoms with Gasteiger partial charge in [0.1, 0.15) is 17.6 Å². The summed E-state index contributed by atoms with van der Waals surface area (Å²) >= 11 is 0. The van der Waals surface area contributed by atoms with Crippen molar-refractivity contribution < 1.29 is 23.1 Å². The third-order valence-corrected chi connectivity index (χ3v) is 10.4. The number of likely N-dealkylation sites (tertiary alicyclic amines) is 1. The van der Waals surface area contributed by atoms with E-state index in [-0.39, 0.29) is 17.6 Å². The van der Waals surface area contributed by atoms with Crippen LogP contribution in [0.4, 0.5) is 11.5 Å². The number of carbonyl (C=O) groups is 2. The Morgan fingerprint density at radius 3 is 2.46 bits per heavy atom. The molecule has 14 nitrogen and oxygen atoms in total. The highest BCUT2D eigenvalue weighted by Gasteiger charge is 2.37. The quantitative estimate of drug-likeness (QED) is 0.141. The van der Waals surface area contributed by atoms with Crippen LogP contribution in [0.2, 0.25) is 0 Å². The molecule has 0 saturated carbocycles. The molecule has 0 bridgehead atoms. The molecule has 4 heterocycles. The van der Waals surface area contributed by atoms with Crippen LogP contribution in [0, 0.1) is 5.41 Å². The van der Waals surface area contributed by atoms with Crippen molar-refractivity contribution in [2.75, 3.05) is 29.3 Å². The van der Waals surface area contributed by atoms with E-state index in [2.05, 4.69) is 20.1 Å². The normalized spacial score (nSPS) is 15.8. The molecule has 0 unspecified atom stereocenters. The first-order valence-corrected chi connectivity index (χ1v) is 18.8. The summed E-state index contributed by atoms with van der Waals surface area (Å²) in [5.41, 5.74) is 10.4. The van der Waals surface area contributed by atoms with Crippen molar-refractivity contribution in [3.05, 3.63) is 42.9 Å². The van der Waals surface area contributed by atoms with Gasteiger partial charge in [-0.25, -0.2) is 13.4 Å². The largest absolute Gasteiger partial charge is 0.391 e. The summed E-state index contributed by atoms with van der Waals surface area (Å²) in [7, 11) is -1.54. The zero-order valence-corrected chi connectivity index (χ0v) is 30.3. The van der Waals surface area contributed by atoms with Gasteiger partial charge in [-0.1, -0.05) is 45.7 Å². The number of nitrogens with zero attached hydrogens (tertiary/aromatic N) is 6. The van der Waals surface area contributed by atoms with Crippen LogP contribution in [0.15, 0.2) is 42.9 Å². The first-order chi connectivity index (χ1) is 23.7. The van der Waals surface area contributed by atoms with E-state index in [1.165, 1.54) is 0 Å². The molecular formula is C35H49N9O5S. The number of unbranched alkanes of at least 4 members (excludes halogenated alkanes) is 3. The predicted molar refractivity (Wildman–Crippen MR) is 194 cm³/mol. The van der Waals surface area contributed by atoms with Gasteiger partial charge in [-0.3, -0.25) is 23.7 Å². The zero-order valence-electron chi connectivity index (χ0n) is 29.5. The third kappa shape index (κ3) is 8.62. The zero-order chi connectivity index (χ0) is 36.2. The van der Waals surface area contributed by atoms with Crippen molar-refractivity contribution in [3.63, 3.8) is 0 Å². The lowest BCUT2D eigenvalue weighted by Crippen LogP contribution is -2.54. The maximum atomic E-state index is 13.1. The number of fused-ring (bicyclic) bond motifs is 1. The average Bonchev–Trinajstić information content (AvgIpc) is 3.81. The van der Waals surface area contributed by atoms with Gasteiger partial charge >= 0.3 is 0 Å². The van der Waals surface area contributed by atoms with Gasteiger partial charge in [-0.2, -0.15) is 10.2 Å². The summed E-state index contributed by atoms with van der Waals surface area (Å²) in [5, 5.41) is 22.8. The summed E-state index contributed by atoms with van der Waals surface area (Å²) in [6.45, 7) is 8.94. The lowest BCUT2D eigenvalue weighted by atomic mass is 9.85. The lowest BCUT2D eigenvalue weighted by Gasteiger charge is -2.33. The van der Waals surface area contributed by atoms with Gasteiger partial charge in [-0.05, 0) is 43.7 Å². The number of anilines is 2. The molecule has 1 aromatic carbocycles. The Labute approximate surface area is 293 Å². The smallest absolute Gasteiger partial charge is 0.245 e. The minimum absolute atomic E-state index is 0.0158. The number of hydrogen-bond acceptors (Lipinski definition) is 9. The summed E-state index contributed by atoms with van der Waals surface area (Å²) in [6, 6.07) is 6.37. The van der Waals surface area contributed by atoms with Gasteiger partial charge < -0.3 is 21.1 Å². The van der Waals surface area contributed by atoms with Crippen molar-refractivity contribution in [2.45, 2.75) is 84.9 Å². The lowest BCUT2D eigenvalue weighted by molar-refractivity contribution is -0.138. The topological polar surface area (TPSA) is 190 Å². The molecule has 1 fully saturated rings. The molecule has 2 atom stereocenters. The van der Waals surface area contributed by atoms with Crippen LogP contribution in [0.3, 0.4) is 0 Å². The molecule has 0 aliphatic carbocycles. The number of β-amino-alcohol motifs (C(OH)–C–C–N with tert-alkyl or cyclic N) is 1. The number of rotatable bonds is 14. The minimum Gasteiger partial charge on any atom is -0.391 e. The summed E-state index contributed by atoms with van der Waals surface area (Å²) in [6.07, 6.45) is 9.33. The molecule has 1 aliphatic heterocycles. The molecule has 1 aliphatic rings. The maximum absolute atomic E-state index is 13.1. The van der Waals surface area contributed by atoms with Crippen LogP contribution in [-0.2, 0) is 33.2 Å². The fraction of sp³-hybridized carbons (Fsp3) is 0.514. The number of carbonyl (C=O) groups excluding carboxylic acids is 2. The number of aliphatic hydroxyl groups excluding tert-OH is 1. The fourth-order valence-corrected chi connectivity index (χ4v) is 6.88. The number of hydrogen-bond donors (Lipinski definition) is 4. The Balaban J connectivity index is 1.15. The minimum atomic E-state index is -3.39. The average molecular weight is 708 g/mol. The number of nitrogens with one attached hydrogen (secondary N) is 2. The van der Waals surface area contributed by atoms with Crippen LogP contribution in [0.25, 0.3) is 33.3 Å². The number of aromatic nitrogens is 5. The highest BCUT2D eigenvalue weighted by Crippen LogP contribution is 2.37. The number of sulfonamides is 1. The molecule has 50 heavy (non-hydrogen) atoms. The first-order valence-electron chi connectivity index (χ1n) is 17.2. The number of benzene rings is 1. The van der Waals surface area contributed by atoms with Gasteiger partial charge in [-0.15, -0.1) is 0 Å². The Morgan fingerprint density at radius 2 is 1.80 bits per heavy atom. The van der Waals surface area contributed by atoms with Gasteiger partial charge in [0.15, 0.2) is 0 Å². The molecule has 5 rings (SSSR count). The summed E-state index contributed by atoms with van der Waals surface area (Å²) in [4.78, 5) is 32.0. The van der Waals surface area contributed by atoms with Crippen molar-refractivity contribution in [2.24, 2.45) is 12.5 Å². The highest BCUT2D eigenvalue weighted by molar-refractivity contribution is 7.92. The molecule has 5 N–H and O–H groups in total. The van der Waals surface area contributed by atoms with E-state index in [4.69, 9.17) is 10.8 Å². The van der Waals surface area contributed by atoms with E-state index in [0.717, 1.165) is 47.9 Å². The van der Waals surface area contributed by atoms with Crippen molar-refractivity contribution in [1.82, 2.24) is 34.8 Å². The van der Waals surface area contributed by atoms with Gasteiger partial charge in [0, 0.05) is 67.9 Å². The summed E-state index contributed by atoms with van der Waals surface area (Å²) in [5.74, 6) is 0.0632. The van der Waals surface area contributed by atoms with Crippen LogP contribution >= 0.6 is 0 Å². The summed E-state index contributed by atoms with van der Waals surface area (Å²) < 4.78 is 30.2. The Hall–Kier alpha value is -4.50. The number of pyridine rings is 1. The maximum Gasteiger partial charge on any atom is 0.245 e.